The third-order valence-electron chi connectivity index (χ3n) is 4.55. The fourth-order valence-electron chi connectivity index (χ4n) is 3.10. The lowest BCUT2D eigenvalue weighted by atomic mass is 10.0. The Bertz CT molecular complexity index is 836. The van der Waals surface area contributed by atoms with Crippen molar-refractivity contribution in [2.75, 3.05) is 13.2 Å². The summed E-state index contributed by atoms with van der Waals surface area (Å²) >= 11 is 0. The van der Waals surface area contributed by atoms with Gasteiger partial charge < -0.3 is 20.1 Å². The SMILES string of the molecule is NC(=O)[C@@H]1CCCCN1C(=O)COC(=O)c1ccc(Oc2ccccc2)cc1. The molecule has 0 aromatic heterocycles. The van der Waals surface area contributed by atoms with E-state index < -0.39 is 30.4 Å². The van der Waals surface area contributed by atoms with Gasteiger partial charge in [0.15, 0.2) is 6.61 Å². The predicted octanol–water partition coefficient (Wildman–Crippen LogP) is 2.50. The zero-order valence-corrected chi connectivity index (χ0v) is 15.4. The summed E-state index contributed by atoms with van der Waals surface area (Å²) in [6.45, 7) is 0.0143. The maximum Gasteiger partial charge on any atom is 0.338 e. The Labute approximate surface area is 163 Å². The van der Waals surface area contributed by atoms with Crippen LogP contribution in [0.4, 0.5) is 0 Å². The summed E-state index contributed by atoms with van der Waals surface area (Å²) in [5.41, 5.74) is 5.66. The maximum absolute atomic E-state index is 12.3. The molecule has 1 saturated heterocycles. The molecule has 2 amide bonds. The molecular formula is C21H22N2O5. The number of amides is 2. The second-order valence-corrected chi connectivity index (χ2v) is 6.52. The largest absolute Gasteiger partial charge is 0.457 e. The van der Waals surface area contributed by atoms with Gasteiger partial charge in [-0.3, -0.25) is 9.59 Å². The number of primary amides is 1. The highest BCUT2D eigenvalue weighted by atomic mass is 16.5. The van der Waals surface area contributed by atoms with Crippen LogP contribution in [0.15, 0.2) is 54.6 Å². The van der Waals surface area contributed by atoms with Gasteiger partial charge >= 0.3 is 5.97 Å². The number of carbonyl (C=O) groups excluding carboxylic acids is 3. The molecule has 1 fully saturated rings. The highest BCUT2D eigenvalue weighted by Gasteiger charge is 2.31. The molecule has 7 nitrogen and oxygen atoms in total. The minimum absolute atomic E-state index is 0.304. The van der Waals surface area contributed by atoms with Crippen LogP contribution in [0.25, 0.3) is 0 Å². The molecule has 146 valence electrons. The van der Waals surface area contributed by atoms with Crippen molar-refractivity contribution < 1.29 is 23.9 Å². The van der Waals surface area contributed by atoms with Crippen LogP contribution in [0.3, 0.4) is 0 Å². The summed E-state index contributed by atoms with van der Waals surface area (Å²) in [7, 11) is 0. The van der Waals surface area contributed by atoms with Crippen LogP contribution in [0, 0.1) is 0 Å². The minimum atomic E-state index is -0.630. The van der Waals surface area contributed by atoms with E-state index >= 15 is 0 Å². The van der Waals surface area contributed by atoms with Crippen molar-refractivity contribution in [2.45, 2.75) is 25.3 Å². The Kier molecular flexibility index (Phi) is 6.26. The van der Waals surface area contributed by atoms with E-state index in [0.717, 1.165) is 12.8 Å². The number of nitrogens with two attached hydrogens (primary N) is 1. The van der Waals surface area contributed by atoms with Crippen molar-refractivity contribution in [1.82, 2.24) is 4.90 Å². The van der Waals surface area contributed by atoms with Gasteiger partial charge in [0.2, 0.25) is 5.91 Å². The Morgan fingerprint density at radius 2 is 1.64 bits per heavy atom. The van der Waals surface area contributed by atoms with Crippen molar-refractivity contribution >= 4 is 17.8 Å². The standard InChI is InChI=1S/C21H22N2O5/c22-20(25)18-8-4-5-13-23(18)19(24)14-27-21(26)15-9-11-17(12-10-15)28-16-6-2-1-3-7-16/h1-3,6-7,9-12,18H,4-5,8,13-14H2,(H2,22,25)/t18-/m0/s1. The molecule has 0 bridgehead atoms. The second-order valence-electron chi connectivity index (χ2n) is 6.52. The van der Waals surface area contributed by atoms with E-state index in [1.165, 1.54) is 4.90 Å². The first-order valence-electron chi connectivity index (χ1n) is 9.13. The van der Waals surface area contributed by atoms with Gasteiger partial charge in [-0.15, -0.1) is 0 Å². The molecule has 2 aromatic carbocycles. The fourth-order valence-corrected chi connectivity index (χ4v) is 3.10. The molecule has 0 aliphatic carbocycles. The smallest absolute Gasteiger partial charge is 0.338 e. The molecule has 1 aliphatic rings. The number of hydrogen-bond donors (Lipinski definition) is 1. The Hall–Kier alpha value is -3.35. The van der Waals surface area contributed by atoms with Gasteiger partial charge in [0, 0.05) is 6.54 Å². The molecule has 7 heteroatoms. The number of hydrogen-bond acceptors (Lipinski definition) is 5. The van der Waals surface area contributed by atoms with Crippen LogP contribution < -0.4 is 10.5 Å². The van der Waals surface area contributed by atoms with Crippen molar-refractivity contribution in [3.8, 4) is 11.5 Å². The lowest BCUT2D eigenvalue weighted by molar-refractivity contribution is -0.143. The van der Waals surface area contributed by atoms with E-state index in [9.17, 15) is 14.4 Å². The molecule has 0 spiro atoms. The average molecular weight is 382 g/mol. The van der Waals surface area contributed by atoms with E-state index in [0.29, 0.717) is 30.0 Å². The summed E-state index contributed by atoms with van der Waals surface area (Å²) in [6.07, 6.45) is 2.18. The summed E-state index contributed by atoms with van der Waals surface area (Å²) in [5, 5.41) is 0. The zero-order valence-electron chi connectivity index (χ0n) is 15.4. The van der Waals surface area contributed by atoms with Crippen molar-refractivity contribution in [3.63, 3.8) is 0 Å². The molecular weight excluding hydrogens is 360 g/mol. The molecule has 1 aliphatic heterocycles. The Balaban J connectivity index is 1.54. The predicted molar refractivity (Wildman–Crippen MR) is 102 cm³/mol. The molecule has 1 heterocycles. The molecule has 3 rings (SSSR count). The van der Waals surface area contributed by atoms with Gasteiger partial charge in [0.1, 0.15) is 17.5 Å². The summed E-state index contributed by atoms with van der Waals surface area (Å²) in [4.78, 5) is 37.4. The molecule has 0 saturated carbocycles. The van der Waals surface area contributed by atoms with E-state index in [1.54, 1.807) is 24.3 Å². The Morgan fingerprint density at radius 3 is 2.32 bits per heavy atom. The molecule has 2 aromatic rings. The van der Waals surface area contributed by atoms with Gasteiger partial charge in [-0.1, -0.05) is 18.2 Å². The first-order valence-corrected chi connectivity index (χ1v) is 9.13. The zero-order chi connectivity index (χ0) is 19.9. The number of piperidine rings is 1. The van der Waals surface area contributed by atoms with Crippen LogP contribution >= 0.6 is 0 Å². The number of para-hydroxylation sites is 1. The number of esters is 1. The van der Waals surface area contributed by atoms with Crippen LogP contribution in [0.2, 0.25) is 0 Å². The molecule has 0 unspecified atom stereocenters. The number of rotatable bonds is 6. The second kappa shape index (κ2) is 9.03. The third-order valence-corrected chi connectivity index (χ3v) is 4.55. The molecule has 0 radical (unpaired) electrons. The van der Waals surface area contributed by atoms with Crippen LogP contribution in [0.1, 0.15) is 29.6 Å². The van der Waals surface area contributed by atoms with Crippen molar-refractivity contribution in [1.29, 1.82) is 0 Å². The first kappa shape index (κ1) is 19.4. The van der Waals surface area contributed by atoms with Crippen LogP contribution in [-0.4, -0.2) is 41.9 Å². The maximum atomic E-state index is 12.3. The highest BCUT2D eigenvalue weighted by Crippen LogP contribution is 2.21. The summed E-state index contributed by atoms with van der Waals surface area (Å²) < 4.78 is 10.8. The van der Waals surface area contributed by atoms with Gasteiger partial charge in [-0.05, 0) is 55.7 Å². The van der Waals surface area contributed by atoms with Crippen molar-refractivity contribution in [2.24, 2.45) is 5.73 Å². The monoisotopic (exact) mass is 382 g/mol. The van der Waals surface area contributed by atoms with Gasteiger partial charge in [0.05, 0.1) is 5.56 Å². The van der Waals surface area contributed by atoms with E-state index in [-0.39, 0.29) is 0 Å². The first-order chi connectivity index (χ1) is 13.5. The quantitative estimate of drug-likeness (QED) is 0.774. The number of ether oxygens (including phenoxy) is 2. The van der Waals surface area contributed by atoms with E-state index in [2.05, 4.69) is 0 Å². The number of benzene rings is 2. The number of nitrogens with zero attached hydrogens (tertiary/aromatic N) is 1. The molecule has 28 heavy (non-hydrogen) atoms. The Morgan fingerprint density at radius 1 is 0.964 bits per heavy atom. The number of carbonyl (C=O) groups is 3. The van der Waals surface area contributed by atoms with Crippen LogP contribution in [0.5, 0.6) is 11.5 Å². The topological polar surface area (TPSA) is 98.9 Å². The van der Waals surface area contributed by atoms with Crippen molar-refractivity contribution in [3.05, 3.63) is 60.2 Å². The minimum Gasteiger partial charge on any atom is -0.457 e. The summed E-state index contributed by atoms with van der Waals surface area (Å²) in [6, 6.07) is 15.1. The number of likely N-dealkylation sites (tertiary alicyclic amines) is 1. The normalized spacial score (nSPS) is 16.3. The van der Waals surface area contributed by atoms with E-state index in [4.69, 9.17) is 15.2 Å². The van der Waals surface area contributed by atoms with Gasteiger partial charge in [0.25, 0.3) is 5.91 Å². The lowest BCUT2D eigenvalue weighted by Crippen LogP contribution is -2.51. The summed E-state index contributed by atoms with van der Waals surface area (Å²) in [5.74, 6) is -0.299. The lowest BCUT2D eigenvalue weighted by Gasteiger charge is -2.33. The average Bonchev–Trinajstić information content (AvgIpc) is 2.73. The molecule has 2 N–H and O–H groups in total. The molecule has 1 atom stereocenters. The fraction of sp³-hybridized carbons (Fsp3) is 0.286. The van der Waals surface area contributed by atoms with E-state index in [1.807, 2.05) is 30.3 Å². The van der Waals surface area contributed by atoms with Gasteiger partial charge in [-0.25, -0.2) is 4.79 Å². The highest BCUT2D eigenvalue weighted by molar-refractivity contribution is 5.92. The third kappa shape index (κ3) is 4.88. The van der Waals surface area contributed by atoms with Crippen LogP contribution in [-0.2, 0) is 14.3 Å². The van der Waals surface area contributed by atoms with Gasteiger partial charge in [-0.2, -0.15) is 0 Å².